The smallest absolute Gasteiger partial charge is 0.292 e. The van der Waals surface area contributed by atoms with E-state index in [9.17, 15) is 4.57 Å². The van der Waals surface area contributed by atoms with Gasteiger partial charge >= 0.3 is 6.95 Å². The van der Waals surface area contributed by atoms with Crippen LogP contribution in [0.2, 0.25) is 0 Å². The predicted octanol–water partition coefficient (Wildman–Crippen LogP) is 1.94. The van der Waals surface area contributed by atoms with Crippen molar-refractivity contribution in [2.24, 2.45) is 0 Å². The third-order valence-corrected chi connectivity index (χ3v) is 2.31. The maximum absolute atomic E-state index is 10.7. The Labute approximate surface area is 57.9 Å². The molecule has 1 heterocycles. The summed E-state index contributed by atoms with van der Waals surface area (Å²) in [6.07, 6.45) is 0. The Bertz CT molecular complexity index is 165. The zero-order chi connectivity index (χ0) is 6.91. The summed E-state index contributed by atoms with van der Waals surface area (Å²) in [5, 5.41) is 0. The Morgan fingerprint density at radius 2 is 2.00 bits per heavy atom. The van der Waals surface area contributed by atoms with E-state index in [-0.39, 0.29) is 13.2 Å². The molecule has 1 saturated heterocycles. The molecule has 0 amide bonds. The fourth-order valence-electron chi connectivity index (χ4n) is 0.416. The van der Waals surface area contributed by atoms with Gasteiger partial charge in [-0.1, -0.05) is 6.58 Å². The second-order valence-electron chi connectivity index (χ2n) is 1.73. The average molecular weight is 169 g/mol. The topological polar surface area (TPSA) is 35.5 Å². The van der Waals surface area contributed by atoms with Gasteiger partial charge in [0.15, 0.2) is 0 Å². The Morgan fingerprint density at radius 3 is 2.33 bits per heavy atom. The van der Waals surface area contributed by atoms with Gasteiger partial charge in [-0.3, -0.25) is 9.05 Å². The van der Waals surface area contributed by atoms with Gasteiger partial charge in [0.25, 0.3) is 0 Å². The lowest BCUT2D eigenvalue weighted by molar-refractivity contribution is 0.202. The van der Waals surface area contributed by atoms with Gasteiger partial charge in [-0.05, 0) is 5.57 Å². The lowest BCUT2D eigenvalue weighted by Gasteiger charge is -2.18. The number of halogens is 1. The van der Waals surface area contributed by atoms with Crippen LogP contribution < -0.4 is 0 Å². The van der Waals surface area contributed by atoms with Crippen LogP contribution in [-0.4, -0.2) is 13.2 Å². The summed E-state index contributed by atoms with van der Waals surface area (Å²) in [5.74, 6) is 0. The molecule has 52 valence electrons. The summed E-state index contributed by atoms with van der Waals surface area (Å²) in [5.41, 5.74) is 0.752. The Balaban J connectivity index is 2.54. The molecule has 5 heteroatoms. The molecule has 1 aliphatic heterocycles. The Morgan fingerprint density at radius 1 is 1.56 bits per heavy atom. The van der Waals surface area contributed by atoms with E-state index >= 15 is 0 Å². The summed E-state index contributed by atoms with van der Waals surface area (Å²) in [4.78, 5) is 0. The molecule has 1 aliphatic rings. The van der Waals surface area contributed by atoms with Crippen molar-refractivity contribution < 1.29 is 13.6 Å². The molecule has 0 bridgehead atoms. The first-order valence-corrected chi connectivity index (χ1v) is 4.80. The van der Waals surface area contributed by atoms with Crippen LogP contribution in [0.15, 0.2) is 12.2 Å². The first-order chi connectivity index (χ1) is 4.10. The van der Waals surface area contributed by atoms with Gasteiger partial charge in [0.05, 0.1) is 13.2 Å². The van der Waals surface area contributed by atoms with Crippen LogP contribution >= 0.6 is 18.2 Å². The van der Waals surface area contributed by atoms with E-state index in [0.29, 0.717) is 0 Å². The molecule has 0 aromatic rings. The van der Waals surface area contributed by atoms with Crippen LogP contribution in [0.5, 0.6) is 0 Å². The first kappa shape index (κ1) is 7.29. The summed E-state index contributed by atoms with van der Waals surface area (Å²) in [6.45, 7) is 0.811. The minimum atomic E-state index is -3.21. The van der Waals surface area contributed by atoms with Gasteiger partial charge in [-0.25, -0.2) is 4.57 Å². The van der Waals surface area contributed by atoms with Crippen molar-refractivity contribution in [3.8, 4) is 0 Å². The number of hydrogen-bond donors (Lipinski definition) is 0. The molecule has 0 spiro atoms. The minimum absolute atomic E-state index is 0.237. The molecule has 0 atom stereocenters. The van der Waals surface area contributed by atoms with Gasteiger partial charge < -0.3 is 0 Å². The number of rotatable bonds is 0. The molecule has 0 N–H and O–H groups in total. The van der Waals surface area contributed by atoms with Crippen molar-refractivity contribution in [1.29, 1.82) is 0 Å². The second kappa shape index (κ2) is 2.43. The van der Waals surface area contributed by atoms with Gasteiger partial charge in [0, 0.05) is 11.2 Å². The van der Waals surface area contributed by atoms with Gasteiger partial charge in [0.1, 0.15) is 0 Å². The highest BCUT2D eigenvalue weighted by Crippen LogP contribution is 2.55. The van der Waals surface area contributed by atoms with Crippen LogP contribution in [0.3, 0.4) is 0 Å². The maximum atomic E-state index is 10.7. The lowest BCUT2D eigenvalue weighted by atomic mass is 10.4. The predicted molar refractivity (Wildman–Crippen MR) is 34.5 cm³/mol. The van der Waals surface area contributed by atoms with E-state index in [0.717, 1.165) is 5.57 Å². The summed E-state index contributed by atoms with van der Waals surface area (Å²) < 4.78 is 19.8. The molecule has 9 heavy (non-hydrogen) atoms. The monoisotopic (exact) mass is 168 g/mol. The first-order valence-electron chi connectivity index (χ1n) is 2.35. The zero-order valence-corrected chi connectivity index (χ0v) is 6.32. The van der Waals surface area contributed by atoms with E-state index in [1.807, 2.05) is 0 Å². The maximum Gasteiger partial charge on any atom is 0.424 e. The molecular formula is C4H6ClO3P. The molecule has 0 aromatic carbocycles. The second-order valence-corrected chi connectivity index (χ2v) is 4.35. The molecule has 0 unspecified atom stereocenters. The SMILES string of the molecule is C=C1COP(=O)(Cl)OC1. The van der Waals surface area contributed by atoms with E-state index < -0.39 is 6.95 Å². The summed E-state index contributed by atoms with van der Waals surface area (Å²) >= 11 is 5.21. The van der Waals surface area contributed by atoms with Crippen LogP contribution in [0.25, 0.3) is 0 Å². The molecule has 0 radical (unpaired) electrons. The van der Waals surface area contributed by atoms with Crippen molar-refractivity contribution in [3.63, 3.8) is 0 Å². The zero-order valence-electron chi connectivity index (χ0n) is 4.67. The van der Waals surface area contributed by atoms with Gasteiger partial charge in [0.2, 0.25) is 0 Å². The van der Waals surface area contributed by atoms with Gasteiger partial charge in [-0.2, -0.15) is 0 Å². The number of hydrogen-bond acceptors (Lipinski definition) is 3. The van der Waals surface area contributed by atoms with Crippen molar-refractivity contribution in [2.75, 3.05) is 13.2 Å². The van der Waals surface area contributed by atoms with Crippen LogP contribution in [0.4, 0.5) is 0 Å². The average Bonchev–Trinajstić information content (AvgIpc) is 1.78. The molecule has 1 rings (SSSR count). The van der Waals surface area contributed by atoms with E-state index in [2.05, 4.69) is 15.6 Å². The molecule has 0 saturated carbocycles. The highest BCUT2D eigenvalue weighted by molar-refractivity contribution is 7.81. The van der Waals surface area contributed by atoms with Crippen molar-refractivity contribution >= 4 is 18.2 Å². The van der Waals surface area contributed by atoms with E-state index in [1.54, 1.807) is 0 Å². The van der Waals surface area contributed by atoms with Crippen LogP contribution in [-0.2, 0) is 13.6 Å². The molecule has 3 nitrogen and oxygen atoms in total. The largest absolute Gasteiger partial charge is 0.424 e. The quantitative estimate of drug-likeness (QED) is 0.410. The Hall–Kier alpha value is 0.180. The molecular weight excluding hydrogens is 162 g/mol. The van der Waals surface area contributed by atoms with Crippen molar-refractivity contribution in [3.05, 3.63) is 12.2 Å². The van der Waals surface area contributed by atoms with E-state index in [4.69, 9.17) is 11.2 Å². The normalized spacial score (nSPS) is 26.1. The molecule has 1 fully saturated rings. The highest BCUT2D eigenvalue weighted by Gasteiger charge is 2.25. The fraction of sp³-hybridized carbons (Fsp3) is 0.500. The minimum Gasteiger partial charge on any atom is -0.292 e. The Kier molecular flexibility index (Phi) is 1.97. The highest BCUT2D eigenvalue weighted by atomic mass is 35.7. The third-order valence-electron chi connectivity index (χ3n) is 0.846. The molecule has 0 aliphatic carbocycles. The third kappa shape index (κ3) is 2.11. The van der Waals surface area contributed by atoms with Crippen molar-refractivity contribution in [1.82, 2.24) is 0 Å². The van der Waals surface area contributed by atoms with Crippen LogP contribution in [0.1, 0.15) is 0 Å². The lowest BCUT2D eigenvalue weighted by Crippen LogP contribution is -2.07. The summed E-state index contributed by atoms with van der Waals surface area (Å²) in [7, 11) is 0. The van der Waals surface area contributed by atoms with Crippen LogP contribution in [0, 0.1) is 0 Å². The fourth-order valence-corrected chi connectivity index (χ4v) is 1.46. The standard InChI is InChI=1S/C4H6ClO3P/c1-4-2-7-9(5,6)8-3-4/h1-3H2. The van der Waals surface area contributed by atoms with Gasteiger partial charge in [-0.15, -0.1) is 0 Å². The summed E-state index contributed by atoms with van der Waals surface area (Å²) in [6, 6.07) is 0. The van der Waals surface area contributed by atoms with Crippen molar-refractivity contribution in [2.45, 2.75) is 0 Å². The molecule has 0 aromatic heterocycles. The van der Waals surface area contributed by atoms with E-state index in [1.165, 1.54) is 0 Å².